The Morgan fingerprint density at radius 1 is 0.429 bits per heavy atom. The molecule has 2 atom stereocenters. The highest BCUT2D eigenvalue weighted by Gasteiger charge is 2.25. The maximum absolute atomic E-state index is 12.9. The molecule has 0 radical (unpaired) electrons. The van der Waals surface area contributed by atoms with E-state index in [4.69, 9.17) is 18.9 Å². The summed E-state index contributed by atoms with van der Waals surface area (Å²) in [5.41, 5.74) is 0. The number of allylic oxidation sites excluding steroid dienone is 8. The normalized spacial score (nSPS) is 13.1. The summed E-state index contributed by atoms with van der Waals surface area (Å²) in [4.78, 5) is 37.3. The van der Waals surface area contributed by atoms with E-state index in [-0.39, 0.29) is 32.2 Å². The summed E-state index contributed by atoms with van der Waals surface area (Å²) in [6.45, 7) is 4.87. The monoisotopic (exact) mass is 987 g/mol. The zero-order valence-corrected chi connectivity index (χ0v) is 46.4. The van der Waals surface area contributed by atoms with E-state index in [9.17, 15) is 19.5 Å². The first-order valence-corrected chi connectivity index (χ1v) is 29.3. The van der Waals surface area contributed by atoms with Crippen molar-refractivity contribution >= 4 is 17.9 Å². The molecule has 0 amide bonds. The van der Waals surface area contributed by atoms with Gasteiger partial charge in [-0.05, 0) is 77.0 Å². The van der Waals surface area contributed by atoms with Gasteiger partial charge in [0, 0.05) is 12.8 Å². The first-order chi connectivity index (χ1) is 34.1. The number of hydrogen-bond acceptors (Lipinski definition) is 7. The SMILES string of the molecule is CCCCCCC/C=C\C/C=C\C/C=C\CCCCCCCCCCCCCCCCCCC(=O)OC(COC(=O)CCCCCCC/C=C\CCCCCCC)COC(OCC[N+](C)(C)C)C(=O)O. The lowest BCUT2D eigenvalue weighted by molar-refractivity contribution is -0.870. The van der Waals surface area contributed by atoms with E-state index in [2.05, 4.69) is 62.5 Å². The predicted molar refractivity (Wildman–Crippen MR) is 295 cm³/mol. The van der Waals surface area contributed by atoms with Gasteiger partial charge in [0.2, 0.25) is 0 Å². The number of carbonyl (C=O) groups is 3. The van der Waals surface area contributed by atoms with Crippen molar-refractivity contribution in [3.63, 3.8) is 0 Å². The number of carbonyl (C=O) groups excluding carboxylic acids is 2. The summed E-state index contributed by atoms with van der Waals surface area (Å²) < 4.78 is 22.9. The zero-order valence-electron chi connectivity index (χ0n) is 46.4. The van der Waals surface area contributed by atoms with Gasteiger partial charge in [0.1, 0.15) is 13.2 Å². The smallest absolute Gasteiger partial charge is 0.361 e. The van der Waals surface area contributed by atoms with Crippen LogP contribution in [0.25, 0.3) is 0 Å². The van der Waals surface area contributed by atoms with Gasteiger partial charge in [-0.15, -0.1) is 0 Å². The van der Waals surface area contributed by atoms with Crippen molar-refractivity contribution in [2.75, 3.05) is 47.5 Å². The standard InChI is InChI=1S/C61H111NO8/c1-6-8-10-12-14-16-18-20-22-23-24-25-26-27-28-29-30-31-32-33-34-35-36-37-38-40-42-44-46-48-50-52-59(64)70-57(56-69-61(60(65)66)67-54-53-62(3,4)5)55-68-58(63)51-49-47-45-43-41-39-21-19-17-15-13-11-9-7-2/h18-21,23-24,26-27,57,61H,6-17,22,25,28-56H2,1-5H3/p+1/b20-18-,21-19-,24-23-,27-26-. The molecule has 0 heterocycles. The first kappa shape index (κ1) is 67.2. The number of rotatable bonds is 54. The number of quaternary nitrogens is 1. The lowest BCUT2D eigenvalue weighted by atomic mass is 10.0. The second kappa shape index (κ2) is 52.6. The number of hydrogen-bond donors (Lipinski definition) is 1. The van der Waals surface area contributed by atoms with Gasteiger partial charge in [0.15, 0.2) is 6.10 Å². The molecule has 70 heavy (non-hydrogen) atoms. The molecule has 0 aromatic heterocycles. The van der Waals surface area contributed by atoms with E-state index >= 15 is 0 Å². The number of esters is 2. The quantitative estimate of drug-likeness (QED) is 0.0211. The molecule has 0 bridgehead atoms. The van der Waals surface area contributed by atoms with Gasteiger partial charge in [0.05, 0.1) is 34.4 Å². The number of nitrogens with zero attached hydrogens (tertiary/aromatic N) is 1. The fourth-order valence-corrected chi connectivity index (χ4v) is 8.25. The number of carboxylic acids is 1. The molecule has 2 unspecified atom stereocenters. The molecule has 0 aromatic rings. The molecule has 0 aromatic carbocycles. The summed E-state index contributed by atoms with van der Waals surface area (Å²) in [6.07, 6.45) is 62.0. The third-order valence-electron chi connectivity index (χ3n) is 12.8. The second-order valence-electron chi connectivity index (χ2n) is 20.9. The highest BCUT2D eigenvalue weighted by molar-refractivity contribution is 5.71. The molecule has 408 valence electrons. The largest absolute Gasteiger partial charge is 0.477 e. The third-order valence-corrected chi connectivity index (χ3v) is 12.8. The molecular weight excluding hydrogens is 875 g/mol. The van der Waals surface area contributed by atoms with Crippen molar-refractivity contribution in [2.24, 2.45) is 0 Å². The molecule has 9 nitrogen and oxygen atoms in total. The van der Waals surface area contributed by atoms with Crippen molar-refractivity contribution in [2.45, 2.75) is 277 Å². The van der Waals surface area contributed by atoms with Crippen molar-refractivity contribution in [1.82, 2.24) is 0 Å². The number of carboxylic acid groups (broad SMARTS) is 1. The Morgan fingerprint density at radius 3 is 1.16 bits per heavy atom. The molecule has 0 fully saturated rings. The third kappa shape index (κ3) is 53.1. The van der Waals surface area contributed by atoms with Crippen molar-refractivity contribution in [3.8, 4) is 0 Å². The van der Waals surface area contributed by atoms with Gasteiger partial charge in [-0.2, -0.15) is 0 Å². The minimum absolute atomic E-state index is 0.185. The fraction of sp³-hybridized carbons (Fsp3) is 0.820. The van der Waals surface area contributed by atoms with Gasteiger partial charge < -0.3 is 28.5 Å². The summed E-state index contributed by atoms with van der Waals surface area (Å²) in [7, 11) is 5.97. The van der Waals surface area contributed by atoms with Crippen LogP contribution in [0.3, 0.4) is 0 Å². The van der Waals surface area contributed by atoms with Crippen LogP contribution >= 0.6 is 0 Å². The zero-order chi connectivity index (χ0) is 51.3. The fourth-order valence-electron chi connectivity index (χ4n) is 8.25. The molecule has 0 aliphatic carbocycles. The van der Waals surface area contributed by atoms with Crippen LogP contribution in [0.2, 0.25) is 0 Å². The van der Waals surface area contributed by atoms with Crippen LogP contribution in [0.4, 0.5) is 0 Å². The summed E-state index contributed by atoms with van der Waals surface area (Å²) in [6, 6.07) is 0. The Bertz CT molecular complexity index is 1290. The van der Waals surface area contributed by atoms with Crippen molar-refractivity contribution in [1.29, 1.82) is 0 Å². The Kier molecular flexibility index (Phi) is 50.5. The molecule has 0 aliphatic heterocycles. The minimum Gasteiger partial charge on any atom is -0.477 e. The Morgan fingerprint density at radius 2 is 0.771 bits per heavy atom. The molecule has 0 rings (SSSR count). The molecule has 9 heteroatoms. The Labute approximate surface area is 432 Å². The van der Waals surface area contributed by atoms with Crippen LogP contribution in [0.15, 0.2) is 48.6 Å². The Hall–Kier alpha value is -2.75. The van der Waals surface area contributed by atoms with Crippen LogP contribution in [0, 0.1) is 0 Å². The van der Waals surface area contributed by atoms with Crippen LogP contribution < -0.4 is 0 Å². The van der Waals surface area contributed by atoms with Gasteiger partial charge in [0.25, 0.3) is 6.29 Å². The molecular formula is C61H112NO8+. The van der Waals surface area contributed by atoms with Crippen LogP contribution in [-0.2, 0) is 33.3 Å². The maximum atomic E-state index is 12.9. The first-order valence-electron chi connectivity index (χ1n) is 29.3. The topological polar surface area (TPSA) is 108 Å². The highest BCUT2D eigenvalue weighted by Crippen LogP contribution is 2.16. The maximum Gasteiger partial charge on any atom is 0.361 e. The van der Waals surface area contributed by atoms with Gasteiger partial charge in [-0.25, -0.2) is 4.79 Å². The van der Waals surface area contributed by atoms with E-state index in [1.807, 2.05) is 21.1 Å². The second-order valence-corrected chi connectivity index (χ2v) is 20.9. The van der Waals surface area contributed by atoms with Gasteiger partial charge in [-0.3, -0.25) is 9.59 Å². The van der Waals surface area contributed by atoms with E-state index < -0.39 is 24.3 Å². The van der Waals surface area contributed by atoms with E-state index in [1.54, 1.807) is 0 Å². The summed E-state index contributed by atoms with van der Waals surface area (Å²) >= 11 is 0. The predicted octanol–water partition coefficient (Wildman–Crippen LogP) is 17.1. The van der Waals surface area contributed by atoms with E-state index in [0.29, 0.717) is 17.4 Å². The highest BCUT2D eigenvalue weighted by atomic mass is 16.7. The molecule has 0 spiro atoms. The van der Waals surface area contributed by atoms with Gasteiger partial charge in [-0.1, -0.05) is 223 Å². The average Bonchev–Trinajstić information content (AvgIpc) is 3.33. The van der Waals surface area contributed by atoms with Gasteiger partial charge >= 0.3 is 17.9 Å². The molecule has 0 aliphatic rings. The summed E-state index contributed by atoms with van der Waals surface area (Å²) in [5.74, 6) is -2.01. The molecule has 1 N–H and O–H groups in total. The molecule has 0 saturated carbocycles. The lowest BCUT2D eigenvalue weighted by Gasteiger charge is -2.25. The van der Waals surface area contributed by atoms with Crippen LogP contribution in [0.5, 0.6) is 0 Å². The lowest BCUT2D eigenvalue weighted by Crippen LogP contribution is -2.40. The molecule has 0 saturated heterocycles. The number of aliphatic carboxylic acids is 1. The van der Waals surface area contributed by atoms with E-state index in [0.717, 1.165) is 70.6 Å². The van der Waals surface area contributed by atoms with E-state index in [1.165, 1.54) is 167 Å². The van der Waals surface area contributed by atoms with Crippen molar-refractivity contribution < 1.29 is 42.9 Å². The Balaban J connectivity index is 4.13. The van der Waals surface area contributed by atoms with Crippen LogP contribution in [-0.4, -0.2) is 87.4 Å². The number of unbranched alkanes of at least 4 members (excludes halogenated alkanes) is 31. The number of ether oxygens (including phenoxy) is 4. The average molecular weight is 988 g/mol. The van der Waals surface area contributed by atoms with Crippen molar-refractivity contribution in [3.05, 3.63) is 48.6 Å². The number of likely N-dealkylation sites (N-methyl/N-ethyl adjacent to an activating group) is 1. The summed E-state index contributed by atoms with van der Waals surface area (Å²) in [5, 5.41) is 9.69. The minimum atomic E-state index is -1.51. The van der Waals surface area contributed by atoms with Crippen LogP contribution in [0.1, 0.15) is 264 Å².